The van der Waals surface area contributed by atoms with E-state index >= 15 is 0 Å². The molecule has 2 heterocycles. The average molecular weight is 295 g/mol. The van der Waals surface area contributed by atoms with Crippen molar-refractivity contribution in [1.29, 1.82) is 0 Å². The van der Waals surface area contributed by atoms with Crippen molar-refractivity contribution >= 4 is 11.6 Å². The van der Waals surface area contributed by atoms with E-state index in [2.05, 4.69) is 22.3 Å². The predicted molar refractivity (Wildman–Crippen MR) is 79.2 cm³/mol. The first-order valence-corrected chi connectivity index (χ1v) is 6.94. The van der Waals surface area contributed by atoms with E-state index in [4.69, 9.17) is 16.3 Å². The van der Waals surface area contributed by atoms with Gasteiger partial charge in [0.25, 0.3) is 0 Å². The minimum atomic E-state index is 0.0974. The van der Waals surface area contributed by atoms with Crippen LogP contribution in [0, 0.1) is 0 Å². The summed E-state index contributed by atoms with van der Waals surface area (Å²) in [5, 5.41) is 8.26. The second-order valence-corrected chi connectivity index (χ2v) is 4.85. The maximum absolute atomic E-state index is 6.25. The number of methoxy groups -OCH3 is 1. The Balaban J connectivity index is 2.21. The van der Waals surface area contributed by atoms with Gasteiger partial charge in [-0.3, -0.25) is 4.68 Å². The number of rotatable bonds is 6. The molecule has 2 aromatic rings. The number of nitrogens with zero attached hydrogens (tertiary/aromatic N) is 3. The summed E-state index contributed by atoms with van der Waals surface area (Å²) in [6, 6.07) is 3.97. The normalized spacial score (nSPS) is 12.4. The molecule has 1 unspecified atom stereocenters. The van der Waals surface area contributed by atoms with E-state index in [9.17, 15) is 0 Å². The molecular weight excluding hydrogens is 276 g/mol. The minimum absolute atomic E-state index is 0.0974. The molecule has 1 atom stereocenters. The second-order valence-electron chi connectivity index (χ2n) is 4.45. The van der Waals surface area contributed by atoms with Crippen LogP contribution in [0.25, 0.3) is 0 Å². The van der Waals surface area contributed by atoms with Crippen LogP contribution < -0.4 is 10.1 Å². The Labute approximate surface area is 123 Å². The monoisotopic (exact) mass is 294 g/mol. The maximum Gasteiger partial charge on any atom is 0.212 e. The molecule has 2 rings (SSSR count). The van der Waals surface area contributed by atoms with E-state index in [1.165, 1.54) is 0 Å². The molecule has 0 fully saturated rings. The molecule has 0 saturated carbocycles. The summed E-state index contributed by atoms with van der Waals surface area (Å²) in [4.78, 5) is 4.23. The summed E-state index contributed by atoms with van der Waals surface area (Å²) in [5.41, 5.74) is 2.12. The summed E-state index contributed by atoms with van der Waals surface area (Å²) in [7, 11) is 3.53. The van der Waals surface area contributed by atoms with Crippen LogP contribution in [0.15, 0.2) is 24.5 Å². The van der Waals surface area contributed by atoms with Gasteiger partial charge >= 0.3 is 0 Å². The first-order valence-electron chi connectivity index (χ1n) is 6.57. The number of pyridine rings is 1. The summed E-state index contributed by atoms with van der Waals surface area (Å²) in [5.74, 6) is 0.617. The largest absolute Gasteiger partial charge is 0.481 e. The number of hydrogen-bond donors (Lipinski definition) is 1. The average Bonchev–Trinajstić information content (AvgIpc) is 2.86. The zero-order valence-corrected chi connectivity index (χ0v) is 12.7. The third-order valence-corrected chi connectivity index (χ3v) is 3.55. The van der Waals surface area contributed by atoms with E-state index in [0.717, 1.165) is 24.2 Å². The Morgan fingerprint density at radius 3 is 2.75 bits per heavy atom. The Kier molecular flexibility index (Phi) is 4.98. The lowest BCUT2D eigenvalue weighted by molar-refractivity contribution is 0.397. The molecule has 0 aromatic carbocycles. The molecule has 0 spiro atoms. The lowest BCUT2D eigenvalue weighted by Gasteiger charge is -2.18. The van der Waals surface area contributed by atoms with Crippen molar-refractivity contribution in [3.63, 3.8) is 0 Å². The van der Waals surface area contributed by atoms with Crippen LogP contribution in [-0.2, 0) is 13.0 Å². The van der Waals surface area contributed by atoms with Crippen molar-refractivity contribution in [2.45, 2.75) is 25.9 Å². The van der Waals surface area contributed by atoms with Gasteiger partial charge in [-0.15, -0.1) is 0 Å². The van der Waals surface area contributed by atoms with Crippen LogP contribution in [0.2, 0.25) is 5.02 Å². The van der Waals surface area contributed by atoms with Gasteiger partial charge in [0.1, 0.15) is 0 Å². The van der Waals surface area contributed by atoms with Crippen LogP contribution in [0.1, 0.15) is 24.2 Å². The van der Waals surface area contributed by atoms with E-state index in [1.54, 1.807) is 13.3 Å². The topological polar surface area (TPSA) is 52.0 Å². The summed E-state index contributed by atoms with van der Waals surface area (Å²) in [6.07, 6.45) is 4.31. The van der Waals surface area contributed by atoms with Crippen molar-refractivity contribution in [2.24, 2.45) is 0 Å². The quantitative estimate of drug-likeness (QED) is 0.889. The van der Waals surface area contributed by atoms with Crippen molar-refractivity contribution in [1.82, 2.24) is 20.1 Å². The van der Waals surface area contributed by atoms with Gasteiger partial charge in [-0.05, 0) is 26.0 Å². The number of nitrogens with one attached hydrogen (secondary N) is 1. The lowest BCUT2D eigenvalue weighted by Crippen LogP contribution is -2.22. The highest BCUT2D eigenvalue weighted by Gasteiger charge is 2.19. The first-order chi connectivity index (χ1) is 9.69. The maximum atomic E-state index is 6.25. The molecule has 0 radical (unpaired) electrons. The highest BCUT2D eigenvalue weighted by molar-refractivity contribution is 6.31. The Hall–Kier alpha value is -1.59. The van der Waals surface area contributed by atoms with Gasteiger partial charge < -0.3 is 10.1 Å². The number of likely N-dealkylation sites (N-methyl/N-ethyl adjacent to an activating group) is 1. The van der Waals surface area contributed by atoms with E-state index < -0.39 is 0 Å². The van der Waals surface area contributed by atoms with Gasteiger partial charge in [0.2, 0.25) is 5.88 Å². The standard InChI is InChI=1S/C14H19ClN4O/c1-4-19-14(11(15)9-18-19)12(16-2)7-10-5-6-13(20-3)17-8-10/h5-6,8-9,12,16H,4,7H2,1-3H3. The zero-order chi connectivity index (χ0) is 14.5. The van der Waals surface area contributed by atoms with Crippen molar-refractivity contribution in [3.05, 3.63) is 40.8 Å². The highest BCUT2D eigenvalue weighted by Crippen LogP contribution is 2.25. The van der Waals surface area contributed by atoms with Crippen LogP contribution in [-0.4, -0.2) is 28.9 Å². The molecule has 6 heteroatoms. The zero-order valence-electron chi connectivity index (χ0n) is 11.9. The first kappa shape index (κ1) is 14.8. The SMILES string of the molecule is CCn1ncc(Cl)c1C(Cc1ccc(OC)nc1)NC. The number of ether oxygens (including phenoxy) is 1. The van der Waals surface area contributed by atoms with Crippen LogP contribution in [0.4, 0.5) is 0 Å². The van der Waals surface area contributed by atoms with Gasteiger partial charge in [0.05, 0.1) is 30.1 Å². The fraction of sp³-hybridized carbons (Fsp3) is 0.429. The van der Waals surface area contributed by atoms with Gasteiger partial charge in [0.15, 0.2) is 0 Å². The molecule has 0 amide bonds. The molecular formula is C14H19ClN4O. The molecule has 0 saturated heterocycles. The molecule has 0 bridgehead atoms. The molecule has 5 nitrogen and oxygen atoms in total. The molecule has 0 aliphatic rings. The van der Waals surface area contributed by atoms with Crippen molar-refractivity contribution in [3.8, 4) is 5.88 Å². The Morgan fingerprint density at radius 2 is 2.20 bits per heavy atom. The summed E-state index contributed by atoms with van der Waals surface area (Å²) >= 11 is 6.25. The van der Waals surface area contributed by atoms with Gasteiger partial charge in [-0.1, -0.05) is 17.7 Å². The molecule has 1 N–H and O–H groups in total. The number of halogens is 1. The van der Waals surface area contributed by atoms with Crippen LogP contribution >= 0.6 is 11.6 Å². The van der Waals surface area contributed by atoms with Crippen molar-refractivity contribution in [2.75, 3.05) is 14.2 Å². The lowest BCUT2D eigenvalue weighted by atomic mass is 10.0. The molecule has 0 aliphatic carbocycles. The predicted octanol–water partition coefficient (Wildman–Crippen LogP) is 2.46. The van der Waals surface area contributed by atoms with E-state index in [0.29, 0.717) is 10.9 Å². The van der Waals surface area contributed by atoms with Gasteiger partial charge in [0, 0.05) is 18.8 Å². The second kappa shape index (κ2) is 6.72. The van der Waals surface area contributed by atoms with Gasteiger partial charge in [-0.2, -0.15) is 5.10 Å². The highest BCUT2D eigenvalue weighted by atomic mass is 35.5. The third-order valence-electron chi connectivity index (χ3n) is 3.26. The number of aryl methyl sites for hydroxylation is 1. The summed E-state index contributed by atoms with van der Waals surface area (Å²) in [6.45, 7) is 2.84. The number of hydrogen-bond acceptors (Lipinski definition) is 4. The third kappa shape index (κ3) is 3.11. The fourth-order valence-electron chi connectivity index (χ4n) is 2.19. The summed E-state index contributed by atoms with van der Waals surface area (Å²) < 4.78 is 6.98. The smallest absolute Gasteiger partial charge is 0.212 e. The molecule has 2 aromatic heterocycles. The Bertz CT molecular complexity index is 553. The van der Waals surface area contributed by atoms with Crippen molar-refractivity contribution < 1.29 is 4.74 Å². The Morgan fingerprint density at radius 1 is 1.40 bits per heavy atom. The molecule has 20 heavy (non-hydrogen) atoms. The fourth-order valence-corrected chi connectivity index (χ4v) is 2.47. The van der Waals surface area contributed by atoms with Gasteiger partial charge in [-0.25, -0.2) is 4.98 Å². The van der Waals surface area contributed by atoms with E-state index in [-0.39, 0.29) is 6.04 Å². The van der Waals surface area contributed by atoms with Crippen LogP contribution in [0.3, 0.4) is 0 Å². The molecule has 0 aliphatic heterocycles. The van der Waals surface area contributed by atoms with Crippen LogP contribution in [0.5, 0.6) is 5.88 Å². The number of aromatic nitrogens is 3. The van der Waals surface area contributed by atoms with E-state index in [1.807, 2.05) is 30.1 Å². The minimum Gasteiger partial charge on any atom is -0.481 e. The molecule has 108 valence electrons.